The molecule has 0 aliphatic rings. The van der Waals surface area contributed by atoms with E-state index in [0.29, 0.717) is 28.9 Å². The Bertz CT molecular complexity index is 571. The van der Waals surface area contributed by atoms with Gasteiger partial charge in [-0.2, -0.15) is 0 Å². The first-order chi connectivity index (χ1) is 9.20. The van der Waals surface area contributed by atoms with Crippen molar-refractivity contribution in [3.8, 4) is 11.3 Å². The van der Waals surface area contributed by atoms with Gasteiger partial charge in [-0.15, -0.1) is 22.9 Å². The van der Waals surface area contributed by atoms with Crippen molar-refractivity contribution in [2.45, 2.75) is 12.8 Å². The van der Waals surface area contributed by atoms with Gasteiger partial charge in [-0.25, -0.2) is 4.98 Å². The summed E-state index contributed by atoms with van der Waals surface area (Å²) >= 11 is 13.0. The fraction of sp³-hybridized carbons (Fsp3) is 0.231. The number of carbonyl (C=O) groups excluding carboxylic acids is 1. The van der Waals surface area contributed by atoms with E-state index in [0.717, 1.165) is 11.3 Å². The smallest absolute Gasteiger partial charge is 0.226 e. The van der Waals surface area contributed by atoms with Crippen molar-refractivity contribution in [1.82, 2.24) is 4.98 Å². The summed E-state index contributed by atoms with van der Waals surface area (Å²) in [7, 11) is 0. The van der Waals surface area contributed by atoms with Crippen LogP contribution >= 0.6 is 34.5 Å². The number of rotatable bonds is 5. The molecular weight excluding hydrogens is 303 g/mol. The summed E-state index contributed by atoms with van der Waals surface area (Å²) in [4.78, 5) is 15.9. The Morgan fingerprint density at radius 3 is 2.89 bits per heavy atom. The molecule has 1 aromatic carbocycles. The molecule has 0 atom stereocenters. The fourth-order valence-corrected chi connectivity index (χ4v) is 2.63. The molecule has 1 N–H and O–H groups in total. The van der Waals surface area contributed by atoms with Crippen molar-refractivity contribution in [1.29, 1.82) is 0 Å². The maximum Gasteiger partial charge on any atom is 0.226 e. The van der Waals surface area contributed by atoms with E-state index >= 15 is 0 Å². The second-order valence-electron chi connectivity index (χ2n) is 3.86. The zero-order valence-electron chi connectivity index (χ0n) is 10.0. The highest BCUT2D eigenvalue weighted by atomic mass is 35.5. The van der Waals surface area contributed by atoms with Crippen LogP contribution in [-0.2, 0) is 4.79 Å². The molecule has 19 heavy (non-hydrogen) atoms. The van der Waals surface area contributed by atoms with Gasteiger partial charge in [-0.05, 0) is 12.5 Å². The van der Waals surface area contributed by atoms with E-state index in [1.165, 1.54) is 11.3 Å². The Morgan fingerprint density at radius 2 is 2.16 bits per heavy atom. The predicted octanol–water partition coefficient (Wildman–Crippen LogP) is 4.42. The molecule has 100 valence electrons. The standard InChI is InChI=1S/C13H12Cl2N2OS/c14-7-3-6-12(18)17-13-16-11(8-19-13)9-4-1-2-5-10(9)15/h1-2,4-5,8H,3,6-7H2,(H,16,17,18). The summed E-state index contributed by atoms with van der Waals surface area (Å²) in [6, 6.07) is 7.48. The summed E-state index contributed by atoms with van der Waals surface area (Å²) in [6.45, 7) is 0. The summed E-state index contributed by atoms with van der Waals surface area (Å²) < 4.78 is 0. The molecule has 0 saturated heterocycles. The van der Waals surface area contributed by atoms with Gasteiger partial charge in [0.25, 0.3) is 0 Å². The van der Waals surface area contributed by atoms with Gasteiger partial charge in [0.15, 0.2) is 5.13 Å². The quantitative estimate of drug-likeness (QED) is 0.830. The molecule has 0 radical (unpaired) electrons. The van der Waals surface area contributed by atoms with Crippen LogP contribution in [0.2, 0.25) is 5.02 Å². The number of amides is 1. The normalized spacial score (nSPS) is 10.4. The topological polar surface area (TPSA) is 42.0 Å². The number of hydrogen-bond acceptors (Lipinski definition) is 3. The minimum absolute atomic E-state index is 0.0688. The minimum Gasteiger partial charge on any atom is -0.302 e. The number of hydrogen-bond donors (Lipinski definition) is 1. The summed E-state index contributed by atoms with van der Waals surface area (Å²) in [5.74, 6) is 0.414. The fourth-order valence-electron chi connectivity index (χ4n) is 1.53. The Labute approximate surface area is 125 Å². The largest absolute Gasteiger partial charge is 0.302 e. The van der Waals surface area contributed by atoms with Gasteiger partial charge in [0.2, 0.25) is 5.91 Å². The summed E-state index contributed by atoms with van der Waals surface area (Å²) in [5.41, 5.74) is 1.63. The molecule has 0 saturated carbocycles. The number of nitrogens with one attached hydrogen (secondary N) is 1. The van der Waals surface area contributed by atoms with Crippen LogP contribution in [-0.4, -0.2) is 16.8 Å². The molecule has 0 fully saturated rings. The third-order valence-corrected chi connectivity index (χ3v) is 3.79. The molecule has 1 amide bonds. The second kappa shape index (κ2) is 6.89. The number of aromatic nitrogens is 1. The van der Waals surface area contributed by atoms with Crippen molar-refractivity contribution in [2.75, 3.05) is 11.2 Å². The number of thiazole rings is 1. The van der Waals surface area contributed by atoms with Crippen molar-refractivity contribution in [3.63, 3.8) is 0 Å². The molecule has 2 aromatic rings. The number of anilines is 1. The number of carbonyl (C=O) groups is 1. The average molecular weight is 315 g/mol. The second-order valence-corrected chi connectivity index (χ2v) is 5.50. The molecule has 1 heterocycles. The van der Waals surface area contributed by atoms with Crippen LogP contribution in [0.25, 0.3) is 11.3 Å². The molecule has 3 nitrogen and oxygen atoms in total. The molecule has 1 aromatic heterocycles. The van der Waals surface area contributed by atoms with Crippen molar-refractivity contribution < 1.29 is 4.79 Å². The van der Waals surface area contributed by atoms with Gasteiger partial charge in [-0.1, -0.05) is 29.8 Å². The zero-order chi connectivity index (χ0) is 13.7. The minimum atomic E-state index is -0.0688. The first-order valence-electron chi connectivity index (χ1n) is 5.77. The highest BCUT2D eigenvalue weighted by Crippen LogP contribution is 2.30. The molecule has 0 unspecified atom stereocenters. The molecule has 0 bridgehead atoms. The maximum atomic E-state index is 11.6. The Hall–Kier alpha value is -1.10. The van der Waals surface area contributed by atoms with Crippen LogP contribution < -0.4 is 5.32 Å². The molecule has 0 spiro atoms. The lowest BCUT2D eigenvalue weighted by Crippen LogP contribution is -2.10. The van der Waals surface area contributed by atoms with E-state index in [-0.39, 0.29) is 5.91 Å². The van der Waals surface area contributed by atoms with Gasteiger partial charge in [0.1, 0.15) is 0 Å². The van der Waals surface area contributed by atoms with Gasteiger partial charge < -0.3 is 5.32 Å². The monoisotopic (exact) mass is 314 g/mol. The van der Waals surface area contributed by atoms with Gasteiger partial charge in [-0.3, -0.25) is 4.79 Å². The van der Waals surface area contributed by atoms with E-state index < -0.39 is 0 Å². The lowest BCUT2D eigenvalue weighted by atomic mass is 10.2. The Kier molecular flexibility index (Phi) is 5.19. The molecule has 0 aliphatic carbocycles. The van der Waals surface area contributed by atoms with Crippen molar-refractivity contribution in [2.24, 2.45) is 0 Å². The number of nitrogens with zero attached hydrogens (tertiary/aromatic N) is 1. The maximum absolute atomic E-state index is 11.6. The first-order valence-corrected chi connectivity index (χ1v) is 7.56. The highest BCUT2D eigenvalue weighted by Gasteiger charge is 2.09. The average Bonchev–Trinajstić information content (AvgIpc) is 2.85. The van der Waals surface area contributed by atoms with E-state index in [1.54, 1.807) is 0 Å². The van der Waals surface area contributed by atoms with Crippen LogP contribution in [0.4, 0.5) is 5.13 Å². The van der Waals surface area contributed by atoms with Crippen molar-refractivity contribution >= 4 is 45.6 Å². The number of alkyl halides is 1. The van der Waals surface area contributed by atoms with Crippen LogP contribution in [0.5, 0.6) is 0 Å². The third-order valence-electron chi connectivity index (χ3n) is 2.44. The van der Waals surface area contributed by atoms with Crippen molar-refractivity contribution in [3.05, 3.63) is 34.7 Å². The predicted molar refractivity (Wildman–Crippen MR) is 81.1 cm³/mol. The highest BCUT2D eigenvalue weighted by molar-refractivity contribution is 7.14. The number of benzene rings is 1. The van der Waals surface area contributed by atoms with E-state index in [2.05, 4.69) is 10.3 Å². The molecule has 6 heteroatoms. The van der Waals surface area contributed by atoms with Crippen LogP contribution in [0.3, 0.4) is 0 Å². The van der Waals surface area contributed by atoms with Crippen LogP contribution in [0, 0.1) is 0 Å². The van der Waals surface area contributed by atoms with E-state index in [4.69, 9.17) is 23.2 Å². The molecule has 2 rings (SSSR count). The number of halogens is 2. The summed E-state index contributed by atoms with van der Waals surface area (Å²) in [5, 5.41) is 5.85. The first kappa shape index (κ1) is 14.3. The van der Waals surface area contributed by atoms with Gasteiger partial charge in [0.05, 0.1) is 5.69 Å². The third kappa shape index (κ3) is 3.93. The SMILES string of the molecule is O=C(CCCCl)Nc1nc(-c2ccccc2Cl)cs1. The van der Waals surface area contributed by atoms with Gasteiger partial charge in [0, 0.05) is 28.3 Å². The molecule has 0 aliphatic heterocycles. The van der Waals surface area contributed by atoms with E-state index in [9.17, 15) is 4.79 Å². The van der Waals surface area contributed by atoms with E-state index in [1.807, 2.05) is 29.6 Å². The summed E-state index contributed by atoms with van der Waals surface area (Å²) in [6.07, 6.45) is 1.07. The lowest BCUT2D eigenvalue weighted by Gasteiger charge is -2.00. The lowest BCUT2D eigenvalue weighted by molar-refractivity contribution is -0.116. The van der Waals surface area contributed by atoms with Gasteiger partial charge >= 0.3 is 0 Å². The Balaban J connectivity index is 2.07. The zero-order valence-corrected chi connectivity index (χ0v) is 12.4. The molecular formula is C13H12Cl2N2OS. The van der Waals surface area contributed by atoms with Crippen LogP contribution in [0.15, 0.2) is 29.6 Å². The Morgan fingerprint density at radius 1 is 1.37 bits per heavy atom. The van der Waals surface area contributed by atoms with Crippen LogP contribution in [0.1, 0.15) is 12.8 Å².